The fraction of sp³-hybridized carbons (Fsp3) is 0.286. The van der Waals surface area contributed by atoms with Crippen LogP contribution < -0.4 is 0 Å². The summed E-state index contributed by atoms with van der Waals surface area (Å²) in [7, 11) is 0. The number of hydrogen-bond donors (Lipinski definition) is 0. The number of benzene rings is 1. The monoisotopic (exact) mass is 248 g/mol. The fourth-order valence-corrected chi connectivity index (χ4v) is 1.25. The Labute approximate surface area is 106 Å². The highest BCUT2D eigenvalue weighted by Gasteiger charge is 2.17. The fourth-order valence-electron chi connectivity index (χ4n) is 1.25. The second-order valence-electron chi connectivity index (χ2n) is 3.58. The Balaban J connectivity index is 2.47. The smallest absolute Gasteiger partial charge is 0.347 e. The molecule has 18 heavy (non-hydrogen) atoms. The van der Waals surface area contributed by atoms with Crippen molar-refractivity contribution in [1.82, 2.24) is 0 Å². The van der Waals surface area contributed by atoms with Gasteiger partial charge in [0, 0.05) is 6.08 Å². The molecule has 0 aliphatic rings. The maximum atomic E-state index is 11.4. The van der Waals surface area contributed by atoms with Gasteiger partial charge < -0.3 is 9.47 Å². The minimum atomic E-state index is -0.891. The van der Waals surface area contributed by atoms with Crippen LogP contribution in [0.25, 0.3) is 6.08 Å². The molecule has 0 bridgehead atoms. The Bertz CT molecular complexity index is 423. The topological polar surface area (TPSA) is 52.6 Å². The lowest BCUT2D eigenvalue weighted by molar-refractivity contribution is -0.163. The van der Waals surface area contributed by atoms with Gasteiger partial charge in [-0.05, 0) is 25.5 Å². The van der Waals surface area contributed by atoms with E-state index in [1.54, 1.807) is 13.0 Å². The summed E-state index contributed by atoms with van der Waals surface area (Å²) in [5.74, 6) is -1.11. The minimum Gasteiger partial charge on any atom is -0.463 e. The third-order valence-corrected chi connectivity index (χ3v) is 2.12. The third kappa shape index (κ3) is 4.82. The summed E-state index contributed by atoms with van der Waals surface area (Å²) in [5.41, 5.74) is 0.887. The van der Waals surface area contributed by atoms with Gasteiger partial charge in [0.05, 0.1) is 6.61 Å². The summed E-state index contributed by atoms with van der Waals surface area (Å²) in [4.78, 5) is 22.6. The van der Waals surface area contributed by atoms with E-state index >= 15 is 0 Å². The van der Waals surface area contributed by atoms with Crippen LogP contribution in [-0.2, 0) is 19.1 Å². The minimum absolute atomic E-state index is 0.264. The van der Waals surface area contributed by atoms with Crippen molar-refractivity contribution >= 4 is 18.0 Å². The van der Waals surface area contributed by atoms with Gasteiger partial charge in [-0.2, -0.15) is 0 Å². The van der Waals surface area contributed by atoms with Crippen molar-refractivity contribution < 1.29 is 19.1 Å². The van der Waals surface area contributed by atoms with E-state index in [2.05, 4.69) is 0 Å². The van der Waals surface area contributed by atoms with Gasteiger partial charge in [-0.3, -0.25) is 0 Å². The van der Waals surface area contributed by atoms with Gasteiger partial charge in [-0.25, -0.2) is 9.59 Å². The molecule has 0 saturated carbocycles. The maximum absolute atomic E-state index is 11.4. The highest BCUT2D eigenvalue weighted by atomic mass is 16.6. The van der Waals surface area contributed by atoms with Crippen LogP contribution in [0.4, 0.5) is 0 Å². The molecule has 1 rings (SSSR count). The SMILES string of the molecule is CCOC(=O)[C@H](C)OC(=O)/C=C/c1ccccc1. The zero-order chi connectivity index (χ0) is 13.4. The maximum Gasteiger partial charge on any atom is 0.347 e. The second-order valence-corrected chi connectivity index (χ2v) is 3.58. The molecule has 0 aliphatic heterocycles. The van der Waals surface area contributed by atoms with Crippen molar-refractivity contribution in [3.63, 3.8) is 0 Å². The van der Waals surface area contributed by atoms with E-state index in [1.807, 2.05) is 30.3 Å². The molecule has 0 aliphatic carbocycles. The van der Waals surface area contributed by atoms with Gasteiger partial charge in [0.15, 0.2) is 6.10 Å². The summed E-state index contributed by atoms with van der Waals surface area (Å²) in [6, 6.07) is 9.34. The molecule has 0 amide bonds. The Morgan fingerprint density at radius 1 is 1.28 bits per heavy atom. The van der Waals surface area contributed by atoms with Gasteiger partial charge >= 0.3 is 11.9 Å². The van der Waals surface area contributed by atoms with Gasteiger partial charge in [-0.15, -0.1) is 0 Å². The van der Waals surface area contributed by atoms with Crippen LogP contribution in [0.3, 0.4) is 0 Å². The van der Waals surface area contributed by atoms with Crippen molar-refractivity contribution in [2.24, 2.45) is 0 Å². The van der Waals surface area contributed by atoms with E-state index in [0.29, 0.717) is 0 Å². The molecule has 1 aromatic carbocycles. The largest absolute Gasteiger partial charge is 0.463 e. The molecule has 0 radical (unpaired) electrons. The molecule has 0 heterocycles. The summed E-state index contributed by atoms with van der Waals surface area (Å²) in [6.45, 7) is 3.44. The second kappa shape index (κ2) is 7.27. The molecular weight excluding hydrogens is 232 g/mol. The van der Waals surface area contributed by atoms with Gasteiger partial charge in [0.25, 0.3) is 0 Å². The lowest BCUT2D eigenvalue weighted by Crippen LogP contribution is -2.25. The van der Waals surface area contributed by atoms with E-state index in [4.69, 9.17) is 9.47 Å². The molecule has 1 atom stereocenters. The molecule has 0 spiro atoms. The lowest BCUT2D eigenvalue weighted by atomic mass is 10.2. The van der Waals surface area contributed by atoms with Gasteiger partial charge in [0.1, 0.15) is 0 Å². The Morgan fingerprint density at radius 2 is 1.94 bits per heavy atom. The summed E-state index contributed by atoms with van der Waals surface area (Å²) in [6.07, 6.45) is 2.02. The summed E-state index contributed by atoms with van der Waals surface area (Å²) >= 11 is 0. The Morgan fingerprint density at radius 3 is 2.56 bits per heavy atom. The summed E-state index contributed by atoms with van der Waals surface area (Å²) < 4.78 is 9.61. The molecular formula is C14H16O4. The van der Waals surface area contributed by atoms with E-state index in [0.717, 1.165) is 5.56 Å². The van der Waals surface area contributed by atoms with Crippen LogP contribution in [0.1, 0.15) is 19.4 Å². The zero-order valence-electron chi connectivity index (χ0n) is 10.5. The molecule has 0 unspecified atom stereocenters. The highest BCUT2D eigenvalue weighted by Crippen LogP contribution is 2.02. The molecule has 4 nitrogen and oxygen atoms in total. The quantitative estimate of drug-likeness (QED) is 0.592. The number of carbonyl (C=O) groups is 2. The van der Waals surface area contributed by atoms with Crippen molar-refractivity contribution in [3.05, 3.63) is 42.0 Å². The van der Waals surface area contributed by atoms with Crippen LogP contribution in [0.2, 0.25) is 0 Å². The van der Waals surface area contributed by atoms with Crippen molar-refractivity contribution in [2.45, 2.75) is 20.0 Å². The predicted molar refractivity (Wildman–Crippen MR) is 67.7 cm³/mol. The standard InChI is InChI=1S/C14H16O4/c1-3-17-14(16)11(2)18-13(15)10-9-12-7-5-4-6-8-12/h4-11H,3H2,1-2H3/b10-9+/t11-/m0/s1. The predicted octanol–water partition coefficient (Wildman–Crippen LogP) is 2.19. The van der Waals surface area contributed by atoms with Gasteiger partial charge in [-0.1, -0.05) is 30.3 Å². The van der Waals surface area contributed by atoms with E-state index < -0.39 is 18.0 Å². The van der Waals surface area contributed by atoms with Crippen molar-refractivity contribution in [1.29, 1.82) is 0 Å². The van der Waals surface area contributed by atoms with Crippen molar-refractivity contribution in [3.8, 4) is 0 Å². The zero-order valence-corrected chi connectivity index (χ0v) is 10.5. The molecule has 0 N–H and O–H groups in total. The first-order chi connectivity index (χ1) is 8.63. The van der Waals surface area contributed by atoms with Gasteiger partial charge in [0.2, 0.25) is 0 Å². The average molecular weight is 248 g/mol. The van der Waals surface area contributed by atoms with Crippen LogP contribution in [-0.4, -0.2) is 24.6 Å². The first-order valence-corrected chi connectivity index (χ1v) is 5.74. The number of esters is 2. The molecule has 1 aromatic rings. The molecule has 0 aromatic heterocycles. The van der Waals surface area contributed by atoms with E-state index in [-0.39, 0.29) is 6.61 Å². The number of ether oxygens (including phenoxy) is 2. The molecule has 0 fully saturated rings. The lowest BCUT2D eigenvalue weighted by Gasteiger charge is -2.09. The number of rotatable bonds is 5. The Kier molecular flexibility index (Phi) is 5.64. The molecule has 4 heteroatoms. The third-order valence-electron chi connectivity index (χ3n) is 2.12. The van der Waals surface area contributed by atoms with Crippen LogP contribution >= 0.6 is 0 Å². The highest BCUT2D eigenvalue weighted by molar-refractivity contribution is 5.89. The van der Waals surface area contributed by atoms with E-state index in [9.17, 15) is 9.59 Å². The number of carbonyl (C=O) groups excluding carboxylic acids is 2. The average Bonchev–Trinajstić information content (AvgIpc) is 2.38. The van der Waals surface area contributed by atoms with Crippen molar-refractivity contribution in [2.75, 3.05) is 6.61 Å². The number of hydrogen-bond acceptors (Lipinski definition) is 4. The van der Waals surface area contributed by atoms with Crippen LogP contribution in [0, 0.1) is 0 Å². The van der Waals surface area contributed by atoms with Crippen LogP contribution in [0.5, 0.6) is 0 Å². The van der Waals surface area contributed by atoms with Crippen LogP contribution in [0.15, 0.2) is 36.4 Å². The normalized spacial score (nSPS) is 12.1. The summed E-state index contributed by atoms with van der Waals surface area (Å²) in [5, 5.41) is 0. The first kappa shape index (κ1) is 14.0. The molecule has 96 valence electrons. The Hall–Kier alpha value is -2.10. The first-order valence-electron chi connectivity index (χ1n) is 5.74. The molecule has 0 saturated heterocycles. The van der Waals surface area contributed by atoms with E-state index in [1.165, 1.54) is 13.0 Å².